The molecule has 1 N–H and O–H groups in total. The molecule has 0 radical (unpaired) electrons. The van der Waals surface area contributed by atoms with Gasteiger partial charge in [-0.1, -0.05) is 24.3 Å². The summed E-state index contributed by atoms with van der Waals surface area (Å²) in [5.41, 5.74) is 0.824. The van der Waals surface area contributed by atoms with E-state index in [-0.39, 0.29) is 5.91 Å². The van der Waals surface area contributed by atoms with Gasteiger partial charge in [-0.05, 0) is 42.6 Å². The quantitative estimate of drug-likeness (QED) is 0.822. The number of amides is 1. The number of hydrogen-bond acceptors (Lipinski definition) is 4. The zero-order chi connectivity index (χ0) is 13.7. The monoisotopic (exact) mass is 301 g/mol. The zero-order valence-corrected chi connectivity index (χ0v) is 12.8. The first-order valence-corrected chi connectivity index (χ1v) is 8.22. The number of halogens is 1. The Labute approximate surface area is 123 Å². The first-order valence-electron chi connectivity index (χ1n) is 6.91. The third kappa shape index (κ3) is 3.66. The molecule has 1 aliphatic rings. The second-order valence-corrected chi connectivity index (χ2v) is 6.18. The van der Waals surface area contributed by atoms with Crippen LogP contribution in [-0.4, -0.2) is 27.9 Å². The number of aryl methyl sites for hydroxylation is 1. The highest BCUT2D eigenvalue weighted by atomic mass is 35.5. The summed E-state index contributed by atoms with van der Waals surface area (Å²) in [5, 5.41) is 7.05. The molecule has 0 aliphatic heterocycles. The maximum atomic E-state index is 12.1. The molecule has 2 rings (SSSR count). The molecule has 4 nitrogen and oxygen atoms in total. The SMILES string of the molecule is CCCc1nnsc1C(=O)NCC1CCCC1CCl. The number of rotatable bonds is 6. The largest absolute Gasteiger partial charge is 0.351 e. The number of carbonyl (C=O) groups is 1. The van der Waals surface area contributed by atoms with Crippen molar-refractivity contribution in [3.63, 3.8) is 0 Å². The topological polar surface area (TPSA) is 54.9 Å². The first kappa shape index (κ1) is 14.7. The van der Waals surface area contributed by atoms with Gasteiger partial charge in [0.05, 0.1) is 5.69 Å². The first-order chi connectivity index (χ1) is 9.26. The van der Waals surface area contributed by atoms with Crippen LogP contribution < -0.4 is 5.32 Å². The third-order valence-corrected chi connectivity index (χ3v) is 4.95. The summed E-state index contributed by atoms with van der Waals surface area (Å²) in [7, 11) is 0. The minimum Gasteiger partial charge on any atom is -0.351 e. The molecule has 0 aromatic carbocycles. The van der Waals surface area contributed by atoms with Gasteiger partial charge < -0.3 is 5.32 Å². The van der Waals surface area contributed by atoms with Crippen LogP contribution in [0, 0.1) is 11.8 Å². The van der Waals surface area contributed by atoms with Gasteiger partial charge in [-0.15, -0.1) is 16.7 Å². The predicted molar refractivity (Wildman–Crippen MR) is 77.8 cm³/mol. The molecule has 1 fully saturated rings. The van der Waals surface area contributed by atoms with Gasteiger partial charge in [0.15, 0.2) is 0 Å². The lowest BCUT2D eigenvalue weighted by Crippen LogP contribution is -2.31. The molecule has 0 saturated heterocycles. The maximum absolute atomic E-state index is 12.1. The normalized spacial score (nSPS) is 22.6. The number of hydrogen-bond donors (Lipinski definition) is 1. The molecular weight excluding hydrogens is 282 g/mol. The second-order valence-electron chi connectivity index (χ2n) is 5.11. The molecule has 19 heavy (non-hydrogen) atoms. The van der Waals surface area contributed by atoms with Gasteiger partial charge >= 0.3 is 0 Å². The lowest BCUT2D eigenvalue weighted by Gasteiger charge is -2.17. The van der Waals surface area contributed by atoms with Gasteiger partial charge in [-0.3, -0.25) is 4.79 Å². The van der Waals surface area contributed by atoms with Gasteiger partial charge in [0, 0.05) is 12.4 Å². The molecule has 2 atom stereocenters. The van der Waals surface area contributed by atoms with Gasteiger partial charge in [-0.25, -0.2) is 0 Å². The van der Waals surface area contributed by atoms with Gasteiger partial charge in [0.2, 0.25) is 0 Å². The minimum atomic E-state index is -0.0290. The van der Waals surface area contributed by atoms with E-state index in [1.54, 1.807) is 0 Å². The predicted octanol–water partition coefficient (Wildman–Crippen LogP) is 2.88. The molecule has 1 aromatic rings. The van der Waals surface area contributed by atoms with E-state index >= 15 is 0 Å². The summed E-state index contributed by atoms with van der Waals surface area (Å²) in [6, 6.07) is 0. The molecule has 1 heterocycles. The fraction of sp³-hybridized carbons (Fsp3) is 0.769. The van der Waals surface area contributed by atoms with Crippen molar-refractivity contribution in [2.75, 3.05) is 12.4 Å². The lowest BCUT2D eigenvalue weighted by atomic mass is 9.98. The van der Waals surface area contributed by atoms with Crippen LogP contribution in [-0.2, 0) is 6.42 Å². The minimum absolute atomic E-state index is 0.0290. The van der Waals surface area contributed by atoms with Crippen molar-refractivity contribution in [2.24, 2.45) is 11.8 Å². The smallest absolute Gasteiger partial charge is 0.264 e. The van der Waals surface area contributed by atoms with Crippen molar-refractivity contribution in [3.8, 4) is 0 Å². The van der Waals surface area contributed by atoms with Crippen molar-refractivity contribution in [1.29, 1.82) is 0 Å². The Morgan fingerprint density at radius 1 is 1.47 bits per heavy atom. The molecule has 6 heteroatoms. The van der Waals surface area contributed by atoms with Gasteiger partial charge in [0.1, 0.15) is 4.88 Å². The summed E-state index contributed by atoms with van der Waals surface area (Å²) >= 11 is 7.14. The zero-order valence-electron chi connectivity index (χ0n) is 11.2. The summed E-state index contributed by atoms with van der Waals surface area (Å²) in [6.07, 6.45) is 5.37. The van der Waals surface area contributed by atoms with Crippen LogP contribution in [0.1, 0.15) is 48.0 Å². The molecular formula is C13H20ClN3OS. The average molecular weight is 302 g/mol. The standard InChI is InChI=1S/C13H20ClN3OS/c1-2-4-11-12(19-17-16-11)13(18)15-8-10-6-3-5-9(10)7-14/h9-10H,2-8H2,1H3,(H,15,18). The Kier molecular flexibility index (Phi) is 5.58. The number of nitrogens with one attached hydrogen (secondary N) is 1. The number of alkyl halides is 1. The Bertz CT molecular complexity index is 424. The highest BCUT2D eigenvalue weighted by molar-refractivity contribution is 7.08. The average Bonchev–Trinajstić information content (AvgIpc) is 3.04. The summed E-state index contributed by atoms with van der Waals surface area (Å²) in [6.45, 7) is 2.80. The van der Waals surface area contributed by atoms with Crippen molar-refractivity contribution >= 4 is 29.0 Å². The molecule has 1 saturated carbocycles. The summed E-state index contributed by atoms with van der Waals surface area (Å²) in [5.74, 6) is 1.75. The van der Waals surface area contributed by atoms with Gasteiger partial charge in [-0.2, -0.15) is 0 Å². The van der Waals surface area contributed by atoms with E-state index in [9.17, 15) is 4.79 Å². The third-order valence-electron chi connectivity index (χ3n) is 3.79. The van der Waals surface area contributed by atoms with E-state index in [1.807, 2.05) is 0 Å². The van der Waals surface area contributed by atoms with Crippen LogP contribution >= 0.6 is 23.1 Å². The summed E-state index contributed by atoms with van der Waals surface area (Å²) < 4.78 is 3.88. The van der Waals surface area contributed by atoms with Crippen molar-refractivity contribution in [3.05, 3.63) is 10.6 Å². The van der Waals surface area contributed by atoms with E-state index in [1.165, 1.54) is 30.8 Å². The molecule has 2 unspecified atom stereocenters. The van der Waals surface area contributed by atoms with E-state index in [4.69, 9.17) is 11.6 Å². The Morgan fingerprint density at radius 3 is 3.00 bits per heavy atom. The maximum Gasteiger partial charge on any atom is 0.264 e. The van der Waals surface area contributed by atoms with Crippen LogP contribution in [0.2, 0.25) is 0 Å². The molecule has 1 aromatic heterocycles. The Morgan fingerprint density at radius 2 is 2.26 bits per heavy atom. The molecule has 106 valence electrons. The fourth-order valence-corrected chi connectivity index (χ4v) is 3.70. The van der Waals surface area contributed by atoms with Crippen LogP contribution in [0.5, 0.6) is 0 Å². The fourth-order valence-electron chi connectivity index (χ4n) is 2.67. The van der Waals surface area contributed by atoms with Crippen LogP contribution in [0.4, 0.5) is 0 Å². The number of carbonyl (C=O) groups excluding carboxylic acids is 1. The van der Waals surface area contributed by atoms with E-state index in [2.05, 4.69) is 21.8 Å². The second kappa shape index (κ2) is 7.20. The van der Waals surface area contributed by atoms with E-state index in [0.717, 1.165) is 25.1 Å². The number of aromatic nitrogens is 2. The van der Waals surface area contributed by atoms with Crippen molar-refractivity contribution in [1.82, 2.24) is 14.9 Å². The van der Waals surface area contributed by atoms with Crippen LogP contribution in [0.15, 0.2) is 0 Å². The summed E-state index contributed by atoms with van der Waals surface area (Å²) in [4.78, 5) is 12.8. The van der Waals surface area contributed by atoms with E-state index in [0.29, 0.717) is 22.6 Å². The lowest BCUT2D eigenvalue weighted by molar-refractivity contribution is 0.0947. The molecule has 0 spiro atoms. The molecule has 0 bridgehead atoms. The Hall–Kier alpha value is -0.680. The van der Waals surface area contributed by atoms with Crippen LogP contribution in [0.3, 0.4) is 0 Å². The highest BCUT2D eigenvalue weighted by Gasteiger charge is 2.27. The van der Waals surface area contributed by atoms with Gasteiger partial charge in [0.25, 0.3) is 5.91 Å². The Balaban J connectivity index is 1.88. The molecule has 1 amide bonds. The molecule has 1 aliphatic carbocycles. The van der Waals surface area contributed by atoms with Crippen LogP contribution in [0.25, 0.3) is 0 Å². The number of nitrogens with zero attached hydrogens (tertiary/aromatic N) is 2. The highest BCUT2D eigenvalue weighted by Crippen LogP contribution is 2.32. The van der Waals surface area contributed by atoms with Crippen molar-refractivity contribution < 1.29 is 4.79 Å². The van der Waals surface area contributed by atoms with Crippen molar-refractivity contribution in [2.45, 2.75) is 39.0 Å². The van der Waals surface area contributed by atoms with E-state index < -0.39 is 0 Å².